The molecule has 0 radical (unpaired) electrons. The number of aryl methyl sites for hydroxylation is 1. The highest BCUT2D eigenvalue weighted by Crippen LogP contribution is 2.33. The molecule has 2 heterocycles. The van der Waals surface area contributed by atoms with E-state index in [-0.39, 0.29) is 22.3 Å². The molecule has 188 valence electrons. The molecule has 35 heavy (non-hydrogen) atoms. The van der Waals surface area contributed by atoms with E-state index in [1.807, 2.05) is 21.0 Å². The second-order valence-electron chi connectivity index (χ2n) is 8.21. The highest BCUT2D eigenvalue weighted by Gasteiger charge is 2.35. The monoisotopic (exact) mass is 509 g/mol. The van der Waals surface area contributed by atoms with Gasteiger partial charge in [-0.05, 0) is 43.7 Å². The fourth-order valence-electron chi connectivity index (χ4n) is 3.45. The largest absolute Gasteiger partial charge is 0.435 e. The number of benzene rings is 2. The Hall–Kier alpha value is -3.38. The average Bonchev–Trinajstić information content (AvgIpc) is 3.24. The molecule has 0 spiro atoms. The van der Waals surface area contributed by atoms with Crippen molar-refractivity contribution in [2.45, 2.75) is 24.4 Å². The third-order valence-electron chi connectivity index (χ3n) is 5.40. The van der Waals surface area contributed by atoms with Gasteiger partial charge in [0.1, 0.15) is 0 Å². The summed E-state index contributed by atoms with van der Waals surface area (Å²) in [6.07, 6.45) is -3.51. The smallest absolute Gasteiger partial charge is 0.328 e. The first-order valence-electron chi connectivity index (χ1n) is 10.6. The number of nitrogens with two attached hydrogens (primary N) is 1. The van der Waals surface area contributed by atoms with Gasteiger partial charge in [-0.1, -0.05) is 29.8 Å². The molecule has 1 saturated heterocycles. The number of rotatable bonds is 3. The number of aromatic nitrogens is 2. The molecule has 8 nitrogen and oxygen atoms in total. The van der Waals surface area contributed by atoms with Crippen LogP contribution in [0.15, 0.2) is 59.5 Å². The summed E-state index contributed by atoms with van der Waals surface area (Å²) in [6, 6.07) is 13.2. The minimum atomic E-state index is -4.61. The van der Waals surface area contributed by atoms with Gasteiger partial charge in [0, 0.05) is 32.7 Å². The lowest BCUT2D eigenvalue weighted by Crippen LogP contribution is -2.44. The van der Waals surface area contributed by atoms with Crippen LogP contribution in [0.2, 0.25) is 0 Å². The van der Waals surface area contributed by atoms with Gasteiger partial charge in [0.2, 0.25) is 10.0 Å². The molecular weight excluding hydrogens is 483 g/mol. The van der Waals surface area contributed by atoms with E-state index in [2.05, 4.69) is 5.10 Å². The second-order valence-corrected chi connectivity index (χ2v) is 9.77. The van der Waals surface area contributed by atoms with E-state index >= 15 is 0 Å². The topological polar surface area (TPSA) is 102 Å². The average molecular weight is 510 g/mol. The van der Waals surface area contributed by atoms with E-state index in [0.717, 1.165) is 35.8 Å². The zero-order valence-corrected chi connectivity index (χ0v) is 20.3. The van der Waals surface area contributed by atoms with Crippen LogP contribution in [-0.2, 0) is 16.2 Å². The normalized spacial score (nSPS) is 14.5. The highest BCUT2D eigenvalue weighted by molar-refractivity contribution is 7.89. The summed E-state index contributed by atoms with van der Waals surface area (Å²) in [7, 11) is -0.234. The van der Waals surface area contributed by atoms with Crippen molar-refractivity contribution in [2.24, 2.45) is 5.14 Å². The van der Waals surface area contributed by atoms with Gasteiger partial charge in [0.15, 0.2) is 5.69 Å². The van der Waals surface area contributed by atoms with Crippen molar-refractivity contribution in [3.63, 3.8) is 0 Å². The van der Waals surface area contributed by atoms with Crippen LogP contribution in [0.1, 0.15) is 17.7 Å². The Labute approximate surface area is 201 Å². The van der Waals surface area contributed by atoms with Gasteiger partial charge in [-0.15, -0.1) is 0 Å². The molecule has 4 rings (SSSR count). The number of hydrogen-bond donors (Lipinski definition) is 1. The molecule has 0 bridgehead atoms. The molecular formula is C23H26F3N5O3S. The molecule has 3 aromatic rings. The van der Waals surface area contributed by atoms with E-state index in [9.17, 15) is 26.4 Å². The van der Waals surface area contributed by atoms with Gasteiger partial charge in [-0.25, -0.2) is 23.0 Å². The van der Waals surface area contributed by atoms with Crippen LogP contribution in [0.3, 0.4) is 0 Å². The second kappa shape index (κ2) is 10.1. The maximum atomic E-state index is 13.1. The maximum Gasteiger partial charge on any atom is 0.435 e. The number of alkyl halides is 3. The van der Waals surface area contributed by atoms with Crippen LogP contribution >= 0.6 is 0 Å². The first kappa shape index (κ1) is 26.2. The molecule has 2 amide bonds. The molecule has 1 fully saturated rings. The Morgan fingerprint density at radius 3 is 1.94 bits per heavy atom. The van der Waals surface area contributed by atoms with Crippen molar-refractivity contribution in [3.8, 4) is 16.9 Å². The van der Waals surface area contributed by atoms with Crippen LogP contribution in [0.5, 0.6) is 0 Å². The summed E-state index contributed by atoms with van der Waals surface area (Å²) in [5, 5.41) is 8.70. The Balaban J connectivity index is 0.000000320. The van der Waals surface area contributed by atoms with Crippen LogP contribution in [-0.4, -0.2) is 61.2 Å². The molecule has 1 aliphatic heterocycles. The summed E-state index contributed by atoms with van der Waals surface area (Å²) in [5.74, 6) is 0. The number of carbonyl (C=O) groups is 1. The predicted octanol–water partition coefficient (Wildman–Crippen LogP) is 3.89. The van der Waals surface area contributed by atoms with Crippen molar-refractivity contribution >= 4 is 16.1 Å². The van der Waals surface area contributed by atoms with E-state index in [0.29, 0.717) is 5.56 Å². The van der Waals surface area contributed by atoms with Crippen molar-refractivity contribution in [1.82, 2.24) is 19.6 Å². The Morgan fingerprint density at radius 1 is 0.943 bits per heavy atom. The Kier molecular flexibility index (Phi) is 7.56. The molecule has 0 saturated carbocycles. The highest BCUT2D eigenvalue weighted by atomic mass is 32.2. The number of amides is 2. The van der Waals surface area contributed by atoms with Crippen molar-refractivity contribution in [3.05, 3.63) is 65.9 Å². The SMILES string of the molecule is CN1CCCN(C)C1=O.Cc1ccc(-c2cc(C(F)(F)F)nn2-c2ccc(S(N)(=O)=O)cc2)cc1. The number of nitrogens with zero attached hydrogens (tertiary/aromatic N) is 4. The molecule has 2 N–H and O–H groups in total. The van der Waals surface area contributed by atoms with E-state index in [1.54, 1.807) is 34.1 Å². The van der Waals surface area contributed by atoms with Gasteiger partial charge in [0.25, 0.3) is 0 Å². The molecule has 0 atom stereocenters. The molecule has 1 aromatic heterocycles. The Bertz CT molecular complexity index is 1280. The summed E-state index contributed by atoms with van der Waals surface area (Å²) < 4.78 is 63.2. The third kappa shape index (κ3) is 6.40. The van der Waals surface area contributed by atoms with Gasteiger partial charge < -0.3 is 9.80 Å². The quantitative estimate of drug-likeness (QED) is 0.579. The lowest BCUT2D eigenvalue weighted by molar-refractivity contribution is -0.141. The fourth-order valence-corrected chi connectivity index (χ4v) is 3.97. The minimum Gasteiger partial charge on any atom is -0.328 e. The summed E-state index contributed by atoms with van der Waals surface area (Å²) >= 11 is 0. The zero-order valence-electron chi connectivity index (χ0n) is 19.5. The molecule has 0 unspecified atom stereocenters. The first-order valence-corrected chi connectivity index (χ1v) is 12.2. The summed E-state index contributed by atoms with van der Waals surface area (Å²) in [5.41, 5.74) is 0.996. The van der Waals surface area contributed by atoms with Crippen LogP contribution in [0.4, 0.5) is 18.0 Å². The van der Waals surface area contributed by atoms with Gasteiger partial charge in [-0.2, -0.15) is 18.3 Å². The third-order valence-corrected chi connectivity index (χ3v) is 6.33. The van der Waals surface area contributed by atoms with E-state index in [1.165, 1.54) is 24.3 Å². The zero-order chi connectivity index (χ0) is 26.0. The number of primary sulfonamides is 1. The molecule has 1 aliphatic rings. The first-order chi connectivity index (χ1) is 16.3. The van der Waals surface area contributed by atoms with Crippen molar-refractivity contribution in [1.29, 1.82) is 0 Å². The van der Waals surface area contributed by atoms with Crippen molar-refractivity contribution < 1.29 is 26.4 Å². The molecule has 12 heteroatoms. The number of sulfonamides is 1. The maximum absolute atomic E-state index is 13.1. The molecule has 0 aliphatic carbocycles. The van der Waals surface area contributed by atoms with E-state index in [4.69, 9.17) is 5.14 Å². The summed E-state index contributed by atoms with van der Waals surface area (Å²) in [4.78, 5) is 14.3. The number of hydrogen-bond acceptors (Lipinski definition) is 4. The van der Waals surface area contributed by atoms with Gasteiger partial charge >= 0.3 is 12.2 Å². The lowest BCUT2D eigenvalue weighted by Gasteiger charge is -2.30. The number of urea groups is 1. The van der Waals surface area contributed by atoms with E-state index < -0.39 is 21.9 Å². The Morgan fingerprint density at radius 2 is 1.49 bits per heavy atom. The van der Waals surface area contributed by atoms with Crippen LogP contribution in [0.25, 0.3) is 16.9 Å². The van der Waals surface area contributed by atoms with Crippen molar-refractivity contribution in [2.75, 3.05) is 27.2 Å². The number of halogens is 3. The fraction of sp³-hybridized carbons (Fsp3) is 0.304. The van der Waals surface area contributed by atoms with Crippen LogP contribution in [0, 0.1) is 6.92 Å². The lowest BCUT2D eigenvalue weighted by atomic mass is 10.1. The minimum absolute atomic E-state index is 0.138. The number of carbonyl (C=O) groups excluding carboxylic acids is 1. The van der Waals surface area contributed by atoms with Crippen LogP contribution < -0.4 is 5.14 Å². The predicted molar refractivity (Wildman–Crippen MR) is 125 cm³/mol. The van der Waals surface area contributed by atoms with Gasteiger partial charge in [0.05, 0.1) is 16.3 Å². The van der Waals surface area contributed by atoms with Gasteiger partial charge in [-0.3, -0.25) is 0 Å². The molecule has 2 aromatic carbocycles. The standard InChI is InChI=1S/C17H14F3N3O2S.C6H12N2O/c1-11-2-4-12(5-3-11)15-10-16(17(18,19)20)22-23(15)13-6-8-14(9-7-13)26(21,24)25;1-7-4-3-5-8(2)6(7)9/h2-10H,1H3,(H2,21,24,25);3-5H2,1-2H3. The summed E-state index contributed by atoms with van der Waals surface area (Å²) in [6.45, 7) is 3.68.